The molecule has 20 heavy (non-hydrogen) atoms. The van der Waals surface area contributed by atoms with Crippen molar-refractivity contribution in [3.05, 3.63) is 48.0 Å². The first-order chi connectivity index (χ1) is 9.72. The number of fused-ring (bicyclic) bond motifs is 1. The Labute approximate surface area is 115 Å². The lowest BCUT2D eigenvalue weighted by Crippen LogP contribution is -2.25. The van der Waals surface area contributed by atoms with E-state index in [1.54, 1.807) is 24.1 Å². The molecule has 6 nitrogen and oxygen atoms in total. The van der Waals surface area contributed by atoms with Crippen molar-refractivity contribution < 1.29 is 4.79 Å². The first-order valence-electron chi connectivity index (χ1n) is 6.43. The molecule has 102 valence electrons. The lowest BCUT2D eigenvalue weighted by molar-refractivity contribution is 0.0954. The fraction of sp³-hybridized carbons (Fsp3) is 0.214. The van der Waals surface area contributed by atoms with Crippen molar-refractivity contribution >= 4 is 16.9 Å². The van der Waals surface area contributed by atoms with Gasteiger partial charge in [-0.3, -0.25) is 9.48 Å². The molecule has 0 atom stereocenters. The second kappa shape index (κ2) is 5.16. The van der Waals surface area contributed by atoms with Crippen LogP contribution in [0.25, 0.3) is 11.0 Å². The van der Waals surface area contributed by atoms with Gasteiger partial charge in [-0.25, -0.2) is 4.98 Å². The maximum absolute atomic E-state index is 11.8. The minimum Gasteiger partial charge on any atom is -0.351 e. The molecule has 0 aliphatic heterocycles. The largest absolute Gasteiger partial charge is 0.351 e. The Balaban J connectivity index is 1.58. The summed E-state index contributed by atoms with van der Waals surface area (Å²) in [4.78, 5) is 19.5. The zero-order valence-electron chi connectivity index (χ0n) is 11.1. The van der Waals surface area contributed by atoms with Gasteiger partial charge >= 0.3 is 0 Å². The lowest BCUT2D eigenvalue weighted by Gasteiger charge is -2.01. The summed E-state index contributed by atoms with van der Waals surface area (Å²) < 4.78 is 1.61. The van der Waals surface area contributed by atoms with Crippen molar-refractivity contribution in [3.8, 4) is 0 Å². The Hall–Kier alpha value is -2.63. The predicted octanol–water partition coefficient (Wildman–Crippen LogP) is 1.27. The Morgan fingerprint density at radius 1 is 1.40 bits per heavy atom. The van der Waals surface area contributed by atoms with Gasteiger partial charge in [0.2, 0.25) is 0 Å². The Kier molecular flexibility index (Phi) is 3.20. The number of benzene rings is 1. The minimum atomic E-state index is -0.116. The highest BCUT2D eigenvalue weighted by molar-refractivity contribution is 5.93. The van der Waals surface area contributed by atoms with Crippen LogP contribution in [0.5, 0.6) is 0 Å². The summed E-state index contributed by atoms with van der Waals surface area (Å²) in [5.74, 6) is 0.756. The highest BCUT2D eigenvalue weighted by Gasteiger charge is 2.07. The van der Waals surface area contributed by atoms with Crippen molar-refractivity contribution in [1.29, 1.82) is 0 Å². The smallest absolute Gasteiger partial charge is 0.254 e. The molecule has 1 aromatic carbocycles. The van der Waals surface area contributed by atoms with Gasteiger partial charge in [0.05, 0.1) is 22.8 Å². The van der Waals surface area contributed by atoms with Crippen LogP contribution in [-0.4, -0.2) is 32.2 Å². The summed E-state index contributed by atoms with van der Waals surface area (Å²) in [6.45, 7) is 0.535. The standard InChI is InChI=1S/C14H15N5O/c1-19-9-10(8-16-19)14(20)15-7-6-13-17-11-4-2-3-5-12(11)18-13/h2-5,8-9H,6-7H2,1H3,(H,15,20)(H,17,18). The normalized spacial score (nSPS) is 10.8. The van der Waals surface area contributed by atoms with E-state index in [0.717, 1.165) is 16.9 Å². The number of H-pyrrole nitrogens is 1. The molecule has 0 bridgehead atoms. The molecule has 1 amide bonds. The Morgan fingerprint density at radius 3 is 3.00 bits per heavy atom. The molecular weight excluding hydrogens is 254 g/mol. The van der Waals surface area contributed by atoms with Crippen LogP contribution in [0.2, 0.25) is 0 Å². The van der Waals surface area contributed by atoms with Gasteiger partial charge < -0.3 is 10.3 Å². The number of amides is 1. The quantitative estimate of drug-likeness (QED) is 0.749. The molecule has 2 aromatic heterocycles. The van der Waals surface area contributed by atoms with E-state index in [2.05, 4.69) is 20.4 Å². The van der Waals surface area contributed by atoms with Crippen molar-refractivity contribution in [2.24, 2.45) is 7.05 Å². The highest BCUT2D eigenvalue weighted by atomic mass is 16.1. The van der Waals surface area contributed by atoms with Crippen molar-refractivity contribution in [2.75, 3.05) is 6.54 Å². The molecule has 0 aliphatic rings. The van der Waals surface area contributed by atoms with E-state index in [1.807, 2.05) is 24.3 Å². The van der Waals surface area contributed by atoms with Crippen LogP contribution in [0.3, 0.4) is 0 Å². The van der Waals surface area contributed by atoms with Gasteiger partial charge in [0.15, 0.2) is 0 Å². The van der Waals surface area contributed by atoms with Crippen LogP contribution in [0, 0.1) is 0 Å². The van der Waals surface area contributed by atoms with Crippen LogP contribution < -0.4 is 5.32 Å². The second-order valence-electron chi connectivity index (χ2n) is 4.61. The van der Waals surface area contributed by atoms with Crippen molar-refractivity contribution in [3.63, 3.8) is 0 Å². The van der Waals surface area contributed by atoms with Gasteiger partial charge in [0.1, 0.15) is 5.82 Å². The third-order valence-electron chi connectivity index (χ3n) is 3.05. The maximum atomic E-state index is 11.8. The number of carbonyl (C=O) groups is 1. The maximum Gasteiger partial charge on any atom is 0.254 e. The van der Waals surface area contributed by atoms with Crippen LogP contribution in [-0.2, 0) is 13.5 Å². The third-order valence-corrected chi connectivity index (χ3v) is 3.05. The number of nitrogens with one attached hydrogen (secondary N) is 2. The molecule has 3 rings (SSSR count). The van der Waals surface area contributed by atoms with E-state index in [4.69, 9.17) is 0 Å². The first kappa shape index (κ1) is 12.4. The molecule has 0 aliphatic carbocycles. The fourth-order valence-corrected chi connectivity index (χ4v) is 2.06. The monoisotopic (exact) mass is 269 g/mol. The van der Waals surface area contributed by atoms with E-state index in [-0.39, 0.29) is 5.91 Å². The number of rotatable bonds is 4. The summed E-state index contributed by atoms with van der Waals surface area (Å²) in [6, 6.07) is 7.87. The van der Waals surface area contributed by atoms with E-state index in [0.29, 0.717) is 18.5 Å². The summed E-state index contributed by atoms with van der Waals surface area (Å²) >= 11 is 0. The number of para-hydroxylation sites is 2. The number of hydrogen-bond acceptors (Lipinski definition) is 3. The highest BCUT2D eigenvalue weighted by Crippen LogP contribution is 2.10. The Morgan fingerprint density at radius 2 is 2.25 bits per heavy atom. The Bertz CT molecular complexity index is 710. The van der Waals surface area contributed by atoms with E-state index in [9.17, 15) is 4.79 Å². The van der Waals surface area contributed by atoms with Gasteiger partial charge in [-0.1, -0.05) is 12.1 Å². The molecule has 0 unspecified atom stereocenters. The minimum absolute atomic E-state index is 0.116. The van der Waals surface area contributed by atoms with Crippen LogP contribution >= 0.6 is 0 Å². The van der Waals surface area contributed by atoms with Gasteiger partial charge in [-0.2, -0.15) is 5.10 Å². The van der Waals surface area contributed by atoms with Crippen LogP contribution in [0.1, 0.15) is 16.2 Å². The molecule has 3 aromatic rings. The number of aryl methyl sites for hydroxylation is 1. The molecule has 0 radical (unpaired) electrons. The average molecular weight is 269 g/mol. The zero-order chi connectivity index (χ0) is 13.9. The molecular formula is C14H15N5O. The molecule has 0 saturated carbocycles. The lowest BCUT2D eigenvalue weighted by atomic mass is 10.3. The molecule has 0 saturated heterocycles. The van der Waals surface area contributed by atoms with Gasteiger partial charge in [-0.15, -0.1) is 0 Å². The van der Waals surface area contributed by atoms with Crippen molar-refractivity contribution in [2.45, 2.75) is 6.42 Å². The van der Waals surface area contributed by atoms with E-state index >= 15 is 0 Å². The third kappa shape index (κ3) is 2.54. The number of hydrogen-bond donors (Lipinski definition) is 2. The summed E-state index contributed by atoms with van der Waals surface area (Å²) in [5, 5.41) is 6.82. The molecule has 0 fully saturated rings. The average Bonchev–Trinajstić information content (AvgIpc) is 3.04. The van der Waals surface area contributed by atoms with Crippen molar-refractivity contribution in [1.82, 2.24) is 25.1 Å². The second-order valence-corrected chi connectivity index (χ2v) is 4.61. The summed E-state index contributed by atoms with van der Waals surface area (Å²) in [5.41, 5.74) is 2.53. The molecule has 2 N–H and O–H groups in total. The first-order valence-corrected chi connectivity index (χ1v) is 6.43. The van der Waals surface area contributed by atoms with Crippen LogP contribution in [0.4, 0.5) is 0 Å². The summed E-state index contributed by atoms with van der Waals surface area (Å²) in [6.07, 6.45) is 3.91. The number of carbonyl (C=O) groups excluding carboxylic acids is 1. The van der Waals surface area contributed by atoms with Crippen LogP contribution in [0.15, 0.2) is 36.7 Å². The topological polar surface area (TPSA) is 75.6 Å². The van der Waals surface area contributed by atoms with E-state index < -0.39 is 0 Å². The summed E-state index contributed by atoms with van der Waals surface area (Å²) in [7, 11) is 1.78. The number of aromatic nitrogens is 4. The van der Waals surface area contributed by atoms with Gasteiger partial charge in [-0.05, 0) is 12.1 Å². The van der Waals surface area contributed by atoms with Gasteiger partial charge in [0.25, 0.3) is 5.91 Å². The number of nitrogens with zero attached hydrogens (tertiary/aromatic N) is 3. The molecule has 2 heterocycles. The number of imidazole rings is 1. The SMILES string of the molecule is Cn1cc(C(=O)NCCc2nc3ccccc3[nH]2)cn1. The van der Waals surface area contributed by atoms with E-state index in [1.165, 1.54) is 0 Å². The fourth-order valence-electron chi connectivity index (χ4n) is 2.06. The molecule has 0 spiro atoms. The number of aromatic amines is 1. The molecule has 6 heteroatoms. The zero-order valence-corrected chi connectivity index (χ0v) is 11.1. The van der Waals surface area contributed by atoms with Gasteiger partial charge in [0, 0.05) is 26.2 Å². The predicted molar refractivity (Wildman–Crippen MR) is 75.3 cm³/mol.